The van der Waals surface area contributed by atoms with Crippen LogP contribution in [0.15, 0.2) is 16.5 Å². The van der Waals surface area contributed by atoms with Gasteiger partial charge in [-0.25, -0.2) is 0 Å². The minimum Gasteiger partial charge on any atom is -0.395 e. The number of rotatable bonds is 6. The molecule has 7 heteroatoms. The SMILES string of the molecule is C[C@@H]1CCCC[C@@H]1OCCNC(=O)c1ccc([N+](=O)[O-])o1. The summed E-state index contributed by atoms with van der Waals surface area (Å²) in [7, 11) is 0. The number of amides is 1. The van der Waals surface area contributed by atoms with Gasteiger partial charge in [0.1, 0.15) is 4.92 Å². The first-order valence-corrected chi connectivity index (χ1v) is 7.22. The van der Waals surface area contributed by atoms with E-state index in [1.54, 1.807) is 0 Å². The molecule has 0 saturated heterocycles. The molecule has 7 nitrogen and oxygen atoms in total. The van der Waals surface area contributed by atoms with Gasteiger partial charge in [0.15, 0.2) is 5.76 Å². The van der Waals surface area contributed by atoms with E-state index in [2.05, 4.69) is 12.2 Å². The lowest BCUT2D eigenvalue weighted by atomic mass is 9.88. The Balaban J connectivity index is 1.70. The molecule has 1 N–H and O–H groups in total. The van der Waals surface area contributed by atoms with Gasteiger partial charge in [0.2, 0.25) is 0 Å². The first-order chi connectivity index (χ1) is 10.1. The summed E-state index contributed by atoms with van der Waals surface area (Å²) in [4.78, 5) is 21.5. The second-order valence-corrected chi connectivity index (χ2v) is 5.32. The van der Waals surface area contributed by atoms with Crippen LogP contribution < -0.4 is 5.32 Å². The number of furan rings is 1. The molecule has 0 spiro atoms. The van der Waals surface area contributed by atoms with Crippen molar-refractivity contribution in [2.45, 2.75) is 38.7 Å². The molecule has 1 fully saturated rings. The van der Waals surface area contributed by atoms with Crippen molar-refractivity contribution in [3.05, 3.63) is 28.0 Å². The molecule has 0 bridgehead atoms. The molecule has 1 aliphatic carbocycles. The van der Waals surface area contributed by atoms with Crippen LogP contribution in [0.3, 0.4) is 0 Å². The monoisotopic (exact) mass is 296 g/mol. The van der Waals surface area contributed by atoms with Crippen LogP contribution in [0, 0.1) is 16.0 Å². The molecular weight excluding hydrogens is 276 g/mol. The summed E-state index contributed by atoms with van der Waals surface area (Å²) in [6.07, 6.45) is 4.97. The lowest BCUT2D eigenvalue weighted by Crippen LogP contribution is -2.31. The van der Waals surface area contributed by atoms with Crippen molar-refractivity contribution in [2.75, 3.05) is 13.2 Å². The first-order valence-electron chi connectivity index (χ1n) is 7.22. The van der Waals surface area contributed by atoms with Gasteiger partial charge >= 0.3 is 5.88 Å². The van der Waals surface area contributed by atoms with Crippen LogP contribution >= 0.6 is 0 Å². The fourth-order valence-corrected chi connectivity index (χ4v) is 2.54. The van der Waals surface area contributed by atoms with Crippen LogP contribution in [-0.2, 0) is 4.74 Å². The Morgan fingerprint density at radius 2 is 2.24 bits per heavy atom. The Hall–Kier alpha value is -1.89. The third kappa shape index (κ3) is 4.29. The quantitative estimate of drug-likeness (QED) is 0.494. The zero-order chi connectivity index (χ0) is 15.2. The van der Waals surface area contributed by atoms with E-state index in [0.717, 1.165) is 12.5 Å². The lowest BCUT2D eigenvalue weighted by molar-refractivity contribution is -0.402. The van der Waals surface area contributed by atoms with E-state index in [1.165, 1.54) is 25.3 Å². The number of ether oxygens (including phenoxy) is 1. The molecule has 1 saturated carbocycles. The van der Waals surface area contributed by atoms with E-state index < -0.39 is 16.7 Å². The normalized spacial score (nSPS) is 22.0. The number of nitrogens with one attached hydrogen (secondary N) is 1. The van der Waals surface area contributed by atoms with E-state index in [4.69, 9.17) is 9.15 Å². The summed E-state index contributed by atoms with van der Waals surface area (Å²) in [5.74, 6) is -0.411. The molecule has 1 aromatic rings. The van der Waals surface area contributed by atoms with Crippen LogP contribution in [0.5, 0.6) is 0 Å². The largest absolute Gasteiger partial charge is 0.433 e. The van der Waals surface area contributed by atoms with E-state index in [0.29, 0.717) is 19.1 Å². The number of nitrogens with zero attached hydrogens (tertiary/aromatic N) is 1. The average Bonchev–Trinajstić information content (AvgIpc) is 2.95. The highest BCUT2D eigenvalue weighted by Gasteiger charge is 2.22. The molecule has 0 unspecified atom stereocenters. The van der Waals surface area contributed by atoms with Crippen LogP contribution in [0.2, 0.25) is 0 Å². The molecule has 1 amide bonds. The van der Waals surface area contributed by atoms with Gasteiger partial charge in [0.25, 0.3) is 5.91 Å². The minimum atomic E-state index is -0.676. The Kier molecular flexibility index (Phi) is 5.32. The Bertz CT molecular complexity index is 499. The average molecular weight is 296 g/mol. The second-order valence-electron chi connectivity index (χ2n) is 5.32. The van der Waals surface area contributed by atoms with Gasteiger partial charge < -0.3 is 14.5 Å². The van der Waals surface area contributed by atoms with Crippen molar-refractivity contribution in [3.63, 3.8) is 0 Å². The number of hydrogen-bond acceptors (Lipinski definition) is 5. The Labute approximate surface area is 122 Å². The molecule has 1 heterocycles. The number of carbonyl (C=O) groups excluding carboxylic acids is 1. The van der Waals surface area contributed by atoms with Crippen molar-refractivity contribution < 1.29 is 18.9 Å². The van der Waals surface area contributed by atoms with Gasteiger partial charge in [0, 0.05) is 6.54 Å². The summed E-state index contributed by atoms with van der Waals surface area (Å²) >= 11 is 0. The predicted octanol–water partition coefficient (Wildman–Crippen LogP) is 2.51. The lowest BCUT2D eigenvalue weighted by Gasteiger charge is -2.28. The van der Waals surface area contributed by atoms with E-state index >= 15 is 0 Å². The third-order valence-electron chi connectivity index (χ3n) is 3.75. The minimum absolute atomic E-state index is 0.0623. The van der Waals surface area contributed by atoms with Crippen LogP contribution in [-0.4, -0.2) is 30.1 Å². The van der Waals surface area contributed by atoms with Crippen LogP contribution in [0.4, 0.5) is 5.88 Å². The van der Waals surface area contributed by atoms with Crippen molar-refractivity contribution in [1.82, 2.24) is 5.32 Å². The van der Waals surface area contributed by atoms with Crippen LogP contribution in [0.25, 0.3) is 0 Å². The molecule has 1 aromatic heterocycles. The van der Waals surface area contributed by atoms with Crippen molar-refractivity contribution in [3.8, 4) is 0 Å². The third-order valence-corrected chi connectivity index (χ3v) is 3.75. The molecular formula is C14H20N2O5. The van der Waals surface area contributed by atoms with Crippen molar-refractivity contribution in [1.29, 1.82) is 0 Å². The number of hydrogen-bond donors (Lipinski definition) is 1. The Morgan fingerprint density at radius 1 is 1.48 bits per heavy atom. The fraction of sp³-hybridized carbons (Fsp3) is 0.643. The van der Waals surface area contributed by atoms with Gasteiger partial charge in [-0.15, -0.1) is 0 Å². The maximum atomic E-state index is 11.7. The highest BCUT2D eigenvalue weighted by Crippen LogP contribution is 2.26. The zero-order valence-corrected chi connectivity index (χ0v) is 12.0. The second kappa shape index (κ2) is 7.21. The van der Waals surface area contributed by atoms with Gasteiger partial charge in [-0.1, -0.05) is 19.8 Å². The van der Waals surface area contributed by atoms with Crippen molar-refractivity contribution >= 4 is 11.8 Å². The molecule has 0 radical (unpaired) electrons. The topological polar surface area (TPSA) is 94.6 Å². The predicted molar refractivity (Wildman–Crippen MR) is 75.1 cm³/mol. The van der Waals surface area contributed by atoms with Gasteiger partial charge in [-0.05, 0) is 24.8 Å². The molecule has 2 atom stereocenters. The molecule has 116 valence electrons. The summed E-state index contributed by atoms with van der Waals surface area (Å²) in [6, 6.07) is 2.45. The first kappa shape index (κ1) is 15.5. The molecule has 0 aliphatic heterocycles. The molecule has 0 aromatic carbocycles. The van der Waals surface area contributed by atoms with Gasteiger partial charge in [-0.3, -0.25) is 14.9 Å². The summed E-state index contributed by atoms with van der Waals surface area (Å²) in [5, 5.41) is 13.1. The van der Waals surface area contributed by atoms with Crippen molar-refractivity contribution in [2.24, 2.45) is 5.92 Å². The highest BCUT2D eigenvalue weighted by atomic mass is 16.6. The van der Waals surface area contributed by atoms with E-state index in [-0.39, 0.29) is 11.9 Å². The number of nitro groups is 1. The Morgan fingerprint density at radius 3 is 2.90 bits per heavy atom. The fourth-order valence-electron chi connectivity index (χ4n) is 2.54. The molecule has 1 aliphatic rings. The summed E-state index contributed by atoms with van der Waals surface area (Å²) in [5.41, 5.74) is 0. The zero-order valence-electron chi connectivity index (χ0n) is 12.0. The standard InChI is InChI=1S/C14H20N2O5/c1-10-4-2-3-5-11(10)20-9-8-15-14(17)12-6-7-13(21-12)16(18)19/h6-7,10-11H,2-5,8-9H2,1H3,(H,15,17)/t10-,11+/m1/s1. The maximum Gasteiger partial charge on any atom is 0.433 e. The molecule has 2 rings (SSSR count). The molecule has 21 heavy (non-hydrogen) atoms. The summed E-state index contributed by atoms with van der Waals surface area (Å²) in [6.45, 7) is 2.98. The van der Waals surface area contributed by atoms with Crippen LogP contribution in [0.1, 0.15) is 43.2 Å². The van der Waals surface area contributed by atoms with Gasteiger partial charge in [0.05, 0.1) is 18.8 Å². The smallest absolute Gasteiger partial charge is 0.395 e. The van der Waals surface area contributed by atoms with Gasteiger partial charge in [-0.2, -0.15) is 0 Å². The highest BCUT2D eigenvalue weighted by molar-refractivity contribution is 5.91. The van der Waals surface area contributed by atoms with E-state index in [9.17, 15) is 14.9 Å². The van der Waals surface area contributed by atoms with E-state index in [1.807, 2.05) is 0 Å². The summed E-state index contributed by atoms with van der Waals surface area (Å²) < 4.78 is 10.6. The maximum absolute atomic E-state index is 11.7. The number of carbonyl (C=O) groups is 1.